The summed E-state index contributed by atoms with van der Waals surface area (Å²) in [5.74, 6) is 3.15. The lowest BCUT2D eigenvalue weighted by Gasteiger charge is -2.14. The van der Waals surface area contributed by atoms with Crippen LogP contribution < -0.4 is 10.6 Å². The maximum atomic E-state index is 4.41. The van der Waals surface area contributed by atoms with Gasteiger partial charge in [0.15, 0.2) is 5.96 Å². The molecule has 6 nitrogen and oxygen atoms in total. The Morgan fingerprint density at radius 3 is 2.71 bits per heavy atom. The summed E-state index contributed by atoms with van der Waals surface area (Å²) in [7, 11) is 1.82. The van der Waals surface area contributed by atoms with E-state index in [2.05, 4.69) is 61.6 Å². The van der Waals surface area contributed by atoms with Gasteiger partial charge in [0.1, 0.15) is 11.6 Å². The molecule has 1 aliphatic rings. The predicted molar refractivity (Wildman–Crippen MR) is 125 cm³/mol. The molecular formula is C21H33IN6. The number of halogens is 1. The fraction of sp³-hybridized carbons (Fsp3) is 0.571. The van der Waals surface area contributed by atoms with Crippen LogP contribution in [0.25, 0.3) is 0 Å². The topological polar surface area (TPSA) is 67.1 Å². The Kier molecular flexibility index (Phi) is 9.73. The molecular weight excluding hydrogens is 463 g/mol. The highest BCUT2D eigenvalue weighted by molar-refractivity contribution is 14.0. The average molecular weight is 496 g/mol. The van der Waals surface area contributed by atoms with Gasteiger partial charge in [-0.05, 0) is 36.8 Å². The largest absolute Gasteiger partial charge is 0.356 e. The summed E-state index contributed by atoms with van der Waals surface area (Å²) >= 11 is 0. The number of aliphatic imine (C=N–C) groups is 1. The molecule has 2 heterocycles. The first-order chi connectivity index (χ1) is 13.3. The van der Waals surface area contributed by atoms with Crippen LogP contribution in [-0.4, -0.2) is 34.3 Å². The van der Waals surface area contributed by atoms with Gasteiger partial charge in [-0.25, -0.2) is 0 Å². The maximum Gasteiger partial charge on any atom is 0.191 e. The molecule has 0 bridgehead atoms. The van der Waals surface area contributed by atoms with Crippen LogP contribution in [0, 0.1) is 0 Å². The zero-order valence-corrected chi connectivity index (χ0v) is 19.4. The molecule has 0 radical (unpaired) electrons. The van der Waals surface area contributed by atoms with E-state index >= 15 is 0 Å². The second-order valence-corrected chi connectivity index (χ2v) is 7.07. The fourth-order valence-corrected chi connectivity index (χ4v) is 3.66. The first-order valence-corrected chi connectivity index (χ1v) is 10.2. The molecule has 154 valence electrons. The first-order valence-electron chi connectivity index (χ1n) is 10.2. The molecule has 1 aliphatic heterocycles. The Labute approximate surface area is 185 Å². The van der Waals surface area contributed by atoms with Crippen LogP contribution in [0.5, 0.6) is 0 Å². The number of aryl methyl sites for hydroxylation is 3. The van der Waals surface area contributed by atoms with Gasteiger partial charge in [-0.15, -0.1) is 34.2 Å². The Morgan fingerprint density at radius 2 is 1.93 bits per heavy atom. The zero-order valence-electron chi connectivity index (χ0n) is 17.1. The minimum atomic E-state index is 0. The average Bonchev–Trinajstić information content (AvgIpc) is 2.93. The van der Waals surface area contributed by atoms with Crippen molar-refractivity contribution in [3.63, 3.8) is 0 Å². The van der Waals surface area contributed by atoms with Crippen molar-refractivity contribution in [2.75, 3.05) is 13.6 Å². The van der Waals surface area contributed by atoms with Gasteiger partial charge in [0, 0.05) is 39.5 Å². The van der Waals surface area contributed by atoms with Crippen molar-refractivity contribution in [1.29, 1.82) is 0 Å². The van der Waals surface area contributed by atoms with E-state index in [0.717, 1.165) is 57.1 Å². The summed E-state index contributed by atoms with van der Waals surface area (Å²) < 4.78 is 2.34. The van der Waals surface area contributed by atoms with Crippen LogP contribution in [0.15, 0.2) is 29.3 Å². The van der Waals surface area contributed by atoms with Gasteiger partial charge in [-0.1, -0.05) is 37.6 Å². The van der Waals surface area contributed by atoms with E-state index in [0.29, 0.717) is 0 Å². The number of fused-ring (bicyclic) bond motifs is 1. The predicted octanol–water partition coefficient (Wildman–Crippen LogP) is 3.48. The highest BCUT2D eigenvalue weighted by Gasteiger charge is 2.14. The van der Waals surface area contributed by atoms with Crippen molar-refractivity contribution in [3.8, 4) is 0 Å². The third-order valence-corrected chi connectivity index (χ3v) is 5.22. The van der Waals surface area contributed by atoms with Gasteiger partial charge in [0.05, 0.1) is 0 Å². The molecule has 3 rings (SSSR count). The molecule has 0 saturated carbocycles. The molecule has 0 fully saturated rings. The summed E-state index contributed by atoms with van der Waals surface area (Å²) in [5.41, 5.74) is 2.71. The third kappa shape index (κ3) is 6.18. The normalized spacial score (nSPS) is 14.0. The first kappa shape index (κ1) is 22.6. The number of guanidine groups is 1. The van der Waals surface area contributed by atoms with Crippen molar-refractivity contribution in [1.82, 2.24) is 25.4 Å². The molecule has 0 saturated heterocycles. The van der Waals surface area contributed by atoms with Gasteiger partial charge in [-0.2, -0.15) is 0 Å². The minimum absolute atomic E-state index is 0. The lowest BCUT2D eigenvalue weighted by atomic mass is 10.1. The van der Waals surface area contributed by atoms with Gasteiger partial charge in [0.25, 0.3) is 0 Å². The van der Waals surface area contributed by atoms with E-state index in [1.54, 1.807) is 0 Å². The quantitative estimate of drug-likeness (QED) is 0.267. The van der Waals surface area contributed by atoms with E-state index in [9.17, 15) is 0 Å². The number of nitrogens with one attached hydrogen (secondary N) is 2. The van der Waals surface area contributed by atoms with Crippen molar-refractivity contribution in [2.24, 2.45) is 4.99 Å². The summed E-state index contributed by atoms with van der Waals surface area (Å²) in [6, 6.07) is 8.55. The summed E-state index contributed by atoms with van der Waals surface area (Å²) in [6.45, 7) is 4.93. The second-order valence-electron chi connectivity index (χ2n) is 7.07. The lowest BCUT2D eigenvalue weighted by Crippen LogP contribution is -2.37. The van der Waals surface area contributed by atoms with Crippen molar-refractivity contribution >= 4 is 29.9 Å². The highest BCUT2D eigenvalue weighted by Crippen LogP contribution is 2.15. The van der Waals surface area contributed by atoms with Crippen LogP contribution in [0.3, 0.4) is 0 Å². The van der Waals surface area contributed by atoms with E-state index in [1.807, 2.05) is 7.05 Å². The highest BCUT2D eigenvalue weighted by atomic mass is 127. The maximum absolute atomic E-state index is 4.41. The molecule has 0 aliphatic carbocycles. The Bertz CT molecular complexity index is 755. The third-order valence-electron chi connectivity index (χ3n) is 5.22. The van der Waals surface area contributed by atoms with Crippen LogP contribution in [0.2, 0.25) is 0 Å². The molecule has 2 N–H and O–H groups in total. The van der Waals surface area contributed by atoms with E-state index < -0.39 is 0 Å². The lowest BCUT2D eigenvalue weighted by molar-refractivity contribution is 0.594. The zero-order chi connectivity index (χ0) is 18.9. The molecule has 0 spiro atoms. The molecule has 1 aromatic carbocycles. The number of rotatable bonds is 7. The van der Waals surface area contributed by atoms with Crippen molar-refractivity contribution in [3.05, 3.63) is 47.0 Å². The van der Waals surface area contributed by atoms with Crippen molar-refractivity contribution in [2.45, 2.75) is 65.0 Å². The van der Waals surface area contributed by atoms with Crippen LogP contribution >= 0.6 is 24.0 Å². The number of hydrogen-bond donors (Lipinski definition) is 2. The van der Waals surface area contributed by atoms with E-state index in [-0.39, 0.29) is 24.0 Å². The van der Waals surface area contributed by atoms with E-state index in [4.69, 9.17) is 0 Å². The van der Waals surface area contributed by atoms with Gasteiger partial charge in [-0.3, -0.25) is 4.99 Å². The molecule has 0 unspecified atom stereocenters. The smallest absolute Gasteiger partial charge is 0.191 e. The number of hydrogen-bond acceptors (Lipinski definition) is 3. The standard InChI is InChI=1S/C21H32N6.HI/c1-3-17-10-6-7-11-18(17)16-24-21(22-2)23-14-9-13-20-26-25-19-12-5-4-8-15-27(19)20;/h6-7,10-11H,3-5,8-9,12-16H2,1-2H3,(H2,22,23,24);1H. The van der Waals surface area contributed by atoms with Crippen molar-refractivity contribution < 1.29 is 0 Å². The minimum Gasteiger partial charge on any atom is -0.356 e. The second kappa shape index (κ2) is 12.0. The summed E-state index contributed by atoms with van der Waals surface area (Å²) in [6.07, 6.45) is 7.87. The number of nitrogens with zero attached hydrogens (tertiary/aromatic N) is 4. The van der Waals surface area contributed by atoms with Gasteiger partial charge < -0.3 is 15.2 Å². The summed E-state index contributed by atoms with van der Waals surface area (Å²) in [4.78, 5) is 4.34. The molecule has 0 atom stereocenters. The SMILES string of the molecule is CCc1ccccc1CNC(=NC)NCCCc1nnc2n1CCCCC2.I. The number of benzene rings is 1. The molecule has 0 amide bonds. The fourth-order valence-electron chi connectivity index (χ4n) is 3.66. The molecule has 7 heteroatoms. The number of aromatic nitrogens is 3. The molecule has 28 heavy (non-hydrogen) atoms. The van der Waals surface area contributed by atoms with Crippen LogP contribution in [0.1, 0.15) is 55.4 Å². The molecule has 2 aromatic rings. The summed E-state index contributed by atoms with van der Waals surface area (Å²) in [5, 5.41) is 15.6. The van der Waals surface area contributed by atoms with E-state index in [1.165, 1.54) is 36.2 Å². The molecule has 1 aromatic heterocycles. The Hall–Kier alpha value is -1.64. The Morgan fingerprint density at radius 1 is 1.11 bits per heavy atom. The van der Waals surface area contributed by atoms with Crippen LogP contribution in [0.4, 0.5) is 0 Å². The van der Waals surface area contributed by atoms with Gasteiger partial charge in [0.2, 0.25) is 0 Å². The van der Waals surface area contributed by atoms with Gasteiger partial charge >= 0.3 is 0 Å². The van der Waals surface area contributed by atoms with Crippen LogP contribution in [-0.2, 0) is 32.4 Å². The monoisotopic (exact) mass is 496 g/mol. The Balaban J connectivity index is 0.00000280.